The number of rotatable bonds is 8. The van der Waals surface area contributed by atoms with Crippen molar-refractivity contribution in [1.82, 2.24) is 23.3 Å². The van der Waals surface area contributed by atoms with Crippen molar-refractivity contribution in [2.45, 2.75) is 6.42 Å². The van der Waals surface area contributed by atoms with Gasteiger partial charge in [-0.05, 0) is 90.9 Å². The van der Waals surface area contributed by atoms with Crippen LogP contribution in [-0.2, 0) is 6.42 Å². The van der Waals surface area contributed by atoms with Crippen molar-refractivity contribution in [2.75, 3.05) is 0 Å². The van der Waals surface area contributed by atoms with Crippen molar-refractivity contribution in [3.8, 4) is 28.5 Å². The molecule has 0 fully saturated rings. The summed E-state index contributed by atoms with van der Waals surface area (Å²) in [5.74, 6) is 1.56. The van der Waals surface area contributed by atoms with E-state index in [4.69, 9.17) is 10.7 Å². The van der Waals surface area contributed by atoms with E-state index in [2.05, 4.69) is 237 Å². The predicted molar refractivity (Wildman–Crippen MR) is 291 cm³/mol. The molecule has 0 spiro atoms. The van der Waals surface area contributed by atoms with Crippen LogP contribution in [0, 0.1) is 0 Å². The largest absolute Gasteiger partial charge is 0.385 e. The standard InChI is InChI=1S/C62H42N6S/c63-57(32-16-7-20-40-18-3-1-4-19-40)67-53-30-14-10-25-46(53)59-61(67)44-23-8-12-28-51(44)65(59)42-34-36-55-48(38-42)49-39-43(35-37-56(49)69-55)66-52-29-13-9-24-45(52)62-60(66)47-26-11-15-31-54(47)68(62)58-33-17-27-50(64-58)41-21-5-2-6-22-41/h1-19,21-39H,20,63H2/b16-7-,57-32+. The monoisotopic (exact) mass is 902 g/mol. The van der Waals surface area contributed by atoms with Crippen molar-refractivity contribution in [1.29, 1.82) is 0 Å². The Kier molecular flexibility index (Phi) is 8.87. The third kappa shape index (κ3) is 6.07. The van der Waals surface area contributed by atoms with Crippen LogP contribution in [0.4, 0.5) is 0 Å². The molecule has 0 aliphatic carbocycles. The molecule has 6 aromatic heterocycles. The van der Waals surface area contributed by atoms with Crippen molar-refractivity contribution < 1.29 is 0 Å². The summed E-state index contributed by atoms with van der Waals surface area (Å²) < 4.78 is 12.0. The summed E-state index contributed by atoms with van der Waals surface area (Å²) in [6.07, 6.45) is 7.12. The summed E-state index contributed by atoms with van der Waals surface area (Å²) in [5, 5.41) is 7.10. The van der Waals surface area contributed by atoms with Crippen LogP contribution in [0.15, 0.2) is 231 Å². The van der Waals surface area contributed by atoms with Gasteiger partial charge in [-0.25, -0.2) is 4.98 Å². The summed E-state index contributed by atoms with van der Waals surface area (Å²) in [6.45, 7) is 0. The first-order chi connectivity index (χ1) is 34.2. The fourth-order valence-corrected chi connectivity index (χ4v) is 11.9. The van der Waals surface area contributed by atoms with Crippen LogP contribution in [0.3, 0.4) is 0 Å². The third-order valence-electron chi connectivity index (χ3n) is 13.8. The van der Waals surface area contributed by atoms with E-state index < -0.39 is 0 Å². The highest BCUT2D eigenvalue weighted by molar-refractivity contribution is 7.25. The average Bonchev–Trinajstić information content (AvgIpc) is 4.21. The number of pyridine rings is 1. The molecule has 326 valence electrons. The van der Waals surface area contributed by atoms with E-state index in [0.29, 0.717) is 5.82 Å². The van der Waals surface area contributed by atoms with Gasteiger partial charge in [0.05, 0.1) is 49.8 Å². The molecule has 6 nitrogen and oxygen atoms in total. The van der Waals surface area contributed by atoms with Crippen molar-refractivity contribution in [2.24, 2.45) is 5.73 Å². The van der Waals surface area contributed by atoms with E-state index in [0.717, 1.165) is 89.8 Å². The van der Waals surface area contributed by atoms with Gasteiger partial charge >= 0.3 is 0 Å². The zero-order valence-corrected chi connectivity index (χ0v) is 38.2. The number of nitrogens with two attached hydrogens (primary N) is 1. The molecule has 0 amide bonds. The molecule has 0 atom stereocenters. The Balaban J connectivity index is 0.954. The van der Waals surface area contributed by atoms with Crippen LogP contribution >= 0.6 is 11.3 Å². The number of hydrogen-bond donors (Lipinski definition) is 1. The van der Waals surface area contributed by atoms with Gasteiger partial charge in [0.2, 0.25) is 0 Å². The molecule has 0 radical (unpaired) electrons. The number of benzene rings is 8. The van der Waals surface area contributed by atoms with Crippen LogP contribution in [0.5, 0.6) is 0 Å². The zero-order chi connectivity index (χ0) is 45.6. The molecule has 69 heavy (non-hydrogen) atoms. The first-order valence-electron chi connectivity index (χ1n) is 23.4. The van der Waals surface area contributed by atoms with Crippen LogP contribution < -0.4 is 5.73 Å². The van der Waals surface area contributed by atoms with Crippen LogP contribution in [0.2, 0.25) is 0 Å². The Morgan fingerprint density at radius 3 is 1.57 bits per heavy atom. The summed E-state index contributed by atoms with van der Waals surface area (Å²) in [5.41, 5.74) is 21.6. The van der Waals surface area contributed by atoms with E-state index in [1.165, 1.54) is 36.5 Å². The second-order valence-corrected chi connectivity index (χ2v) is 18.8. The van der Waals surface area contributed by atoms with Crippen molar-refractivity contribution in [3.05, 3.63) is 236 Å². The molecule has 0 aliphatic rings. The van der Waals surface area contributed by atoms with Gasteiger partial charge in [0.15, 0.2) is 0 Å². The number of para-hydroxylation sites is 4. The normalized spacial score (nSPS) is 12.5. The van der Waals surface area contributed by atoms with Crippen LogP contribution in [0.25, 0.3) is 120 Å². The van der Waals surface area contributed by atoms with Gasteiger partial charge in [0.25, 0.3) is 0 Å². The molecule has 6 heterocycles. The number of thiophene rings is 1. The Hall–Kier alpha value is -8.91. The molecule has 14 rings (SSSR count). The van der Waals surface area contributed by atoms with Gasteiger partial charge in [-0.3, -0.25) is 9.13 Å². The number of nitrogens with zero attached hydrogens (tertiary/aromatic N) is 5. The number of hydrogen-bond acceptors (Lipinski definition) is 3. The van der Waals surface area contributed by atoms with Gasteiger partial charge in [-0.1, -0.05) is 152 Å². The number of allylic oxidation sites excluding steroid dienone is 3. The van der Waals surface area contributed by atoms with Gasteiger partial charge in [0.1, 0.15) is 11.6 Å². The fraction of sp³-hybridized carbons (Fsp3) is 0.0161. The maximum absolute atomic E-state index is 7.08. The van der Waals surface area contributed by atoms with Crippen LogP contribution in [0.1, 0.15) is 5.56 Å². The van der Waals surface area contributed by atoms with Gasteiger partial charge in [-0.15, -0.1) is 11.3 Å². The first-order valence-corrected chi connectivity index (χ1v) is 24.2. The van der Waals surface area contributed by atoms with E-state index in [1.807, 2.05) is 23.5 Å². The summed E-state index contributed by atoms with van der Waals surface area (Å²) >= 11 is 1.84. The van der Waals surface area contributed by atoms with Crippen LogP contribution in [-0.4, -0.2) is 23.3 Å². The van der Waals surface area contributed by atoms with E-state index in [1.54, 1.807) is 0 Å². The average molecular weight is 903 g/mol. The van der Waals surface area contributed by atoms with Crippen molar-refractivity contribution in [3.63, 3.8) is 0 Å². The third-order valence-corrected chi connectivity index (χ3v) is 14.9. The first kappa shape index (κ1) is 39.3. The Morgan fingerprint density at radius 2 is 0.942 bits per heavy atom. The summed E-state index contributed by atoms with van der Waals surface area (Å²) in [4.78, 5) is 5.30. The Bertz CT molecular complexity index is 4390. The maximum atomic E-state index is 7.08. The highest BCUT2D eigenvalue weighted by Crippen LogP contribution is 2.44. The van der Waals surface area contributed by atoms with Gasteiger partial charge in [0, 0.05) is 58.7 Å². The molecule has 0 bridgehead atoms. The molecule has 8 aromatic carbocycles. The second kappa shape index (κ2) is 15.6. The number of aromatic nitrogens is 5. The minimum Gasteiger partial charge on any atom is -0.385 e. The predicted octanol–water partition coefficient (Wildman–Crippen LogP) is 15.8. The highest BCUT2D eigenvalue weighted by Gasteiger charge is 2.25. The molecule has 0 unspecified atom stereocenters. The maximum Gasteiger partial charge on any atom is 0.138 e. The van der Waals surface area contributed by atoms with E-state index >= 15 is 0 Å². The van der Waals surface area contributed by atoms with E-state index in [-0.39, 0.29) is 0 Å². The molecular formula is C62H42N6S. The molecule has 14 aromatic rings. The minimum atomic E-state index is 0.673. The lowest BCUT2D eigenvalue weighted by Gasteiger charge is -2.10. The zero-order valence-electron chi connectivity index (χ0n) is 37.4. The molecule has 0 saturated heterocycles. The van der Waals surface area contributed by atoms with Gasteiger partial charge < -0.3 is 14.9 Å². The smallest absolute Gasteiger partial charge is 0.138 e. The Labute approximate surface area is 400 Å². The molecule has 2 N–H and O–H groups in total. The topological polar surface area (TPSA) is 58.6 Å². The summed E-state index contributed by atoms with van der Waals surface area (Å²) in [7, 11) is 0. The molecule has 0 saturated carbocycles. The number of fused-ring (bicyclic) bond motifs is 13. The second-order valence-electron chi connectivity index (χ2n) is 17.7. The highest BCUT2D eigenvalue weighted by atomic mass is 32.1. The lowest BCUT2D eigenvalue weighted by molar-refractivity contribution is 1.09. The molecular weight excluding hydrogens is 861 g/mol. The quantitative estimate of drug-likeness (QED) is 0.154. The lowest BCUT2D eigenvalue weighted by atomic mass is 10.1. The molecule has 0 aliphatic heterocycles. The minimum absolute atomic E-state index is 0.673. The summed E-state index contributed by atoms with van der Waals surface area (Å²) in [6, 6.07) is 76.1. The fourth-order valence-electron chi connectivity index (χ4n) is 10.8. The van der Waals surface area contributed by atoms with Gasteiger partial charge in [-0.2, -0.15) is 0 Å². The van der Waals surface area contributed by atoms with E-state index in [9.17, 15) is 0 Å². The SMILES string of the molecule is N/C(=C\C=C/Cc1ccccc1)n1c2ccccc2c2c1c1ccccc1n2-c1ccc2sc3ccc(-n4c5ccccc5c5c4c4ccccc4n5-c4cccc(-c5ccccc5)n4)cc3c2c1. The molecule has 7 heteroatoms. The lowest BCUT2D eigenvalue weighted by Crippen LogP contribution is -2.05. The van der Waals surface area contributed by atoms with Crippen molar-refractivity contribution >= 4 is 103 Å². The Morgan fingerprint density at radius 1 is 0.449 bits per heavy atom.